The molecule has 1 aromatic heterocycles. The average molecular weight is 576 g/mol. The van der Waals surface area contributed by atoms with Crippen molar-refractivity contribution < 1.29 is 18.0 Å². The molecule has 0 radical (unpaired) electrons. The summed E-state index contributed by atoms with van der Waals surface area (Å²) in [5, 5.41) is 14.7. The van der Waals surface area contributed by atoms with Crippen molar-refractivity contribution in [3.05, 3.63) is 94.8 Å². The number of nitrogens with zero attached hydrogens (tertiary/aromatic N) is 2. The normalized spacial score (nSPS) is 17.6. The lowest BCUT2D eigenvalue weighted by Crippen LogP contribution is -2.37. The fraction of sp³-hybridized carbons (Fsp3) is 0.364. The number of halogens is 3. The quantitative estimate of drug-likeness (QED) is 0.177. The zero-order valence-corrected chi connectivity index (χ0v) is 23.7. The molecule has 3 N–H and O–H groups in total. The molecule has 220 valence electrons. The molecule has 6 nitrogen and oxygen atoms in total. The highest BCUT2D eigenvalue weighted by Crippen LogP contribution is 2.38. The third kappa shape index (κ3) is 6.73. The molecule has 2 aliphatic heterocycles. The van der Waals surface area contributed by atoms with Crippen LogP contribution in [0.4, 0.5) is 24.7 Å². The van der Waals surface area contributed by atoms with Gasteiger partial charge in [-0.15, -0.1) is 0 Å². The summed E-state index contributed by atoms with van der Waals surface area (Å²) in [4.78, 5) is 19.0. The van der Waals surface area contributed by atoms with Gasteiger partial charge in [0.25, 0.3) is 0 Å². The van der Waals surface area contributed by atoms with Gasteiger partial charge in [-0.1, -0.05) is 37.6 Å². The average Bonchev–Trinajstić information content (AvgIpc) is 3.00. The highest BCUT2D eigenvalue weighted by Gasteiger charge is 2.31. The molecule has 0 amide bonds. The number of nitrogens with one attached hydrogen (secondary N) is 3. The van der Waals surface area contributed by atoms with Crippen molar-refractivity contribution in [1.82, 2.24) is 15.2 Å². The summed E-state index contributed by atoms with van der Waals surface area (Å²) < 4.78 is 39.2. The Hall–Kier alpha value is -3.98. The van der Waals surface area contributed by atoms with Crippen molar-refractivity contribution in [2.45, 2.75) is 51.2 Å². The zero-order chi connectivity index (χ0) is 29.7. The number of benzene rings is 2. The second kappa shape index (κ2) is 12.9. The molecule has 1 unspecified atom stereocenters. The van der Waals surface area contributed by atoms with E-state index >= 15 is 0 Å². The molecule has 1 fully saturated rings. The summed E-state index contributed by atoms with van der Waals surface area (Å²) in [6, 6.07) is 14.3. The molecule has 1 atom stereocenters. The lowest BCUT2D eigenvalue weighted by molar-refractivity contribution is -0.137. The highest BCUT2D eigenvalue weighted by atomic mass is 19.4. The number of hydrogen-bond donors (Lipinski definition) is 3. The molecule has 9 heteroatoms. The molecule has 0 aliphatic carbocycles. The maximum absolute atomic E-state index is 13.1. The van der Waals surface area contributed by atoms with Crippen LogP contribution in [0.3, 0.4) is 0 Å². The summed E-state index contributed by atoms with van der Waals surface area (Å²) in [7, 11) is 0. The molecule has 0 bridgehead atoms. The number of aromatic nitrogens is 1. The van der Waals surface area contributed by atoms with Gasteiger partial charge in [-0.3, -0.25) is 0 Å². The smallest absolute Gasteiger partial charge is 0.377 e. The van der Waals surface area contributed by atoms with E-state index < -0.39 is 17.8 Å². The summed E-state index contributed by atoms with van der Waals surface area (Å²) in [6.45, 7) is 5.19. The second-order valence-electron chi connectivity index (χ2n) is 11.0. The number of carbonyl (C=O) groups excluding carboxylic acids is 1. The van der Waals surface area contributed by atoms with E-state index in [4.69, 9.17) is 5.41 Å². The standard InChI is InChI=1S/C33H36F3N5O/c1-2-3-29(37)24-14-18-41(19-15-24)17-13-22-4-10-26(11-5-22)40-32-31-27(12-16-38-32)28(20-39-30(31)21-42)23-6-8-25(9-7-23)33(34,35)36/h4-12,16,20-21,24,30,37,39H,2-3,13-15,17-19H2,1H3,(H,38,40). The SMILES string of the molecule is CCCC(=N)C1CCN(CCc2ccc(Nc3nccc4c3C(C=O)NC=C4c3ccc(C(F)(F)F)cc3)cc2)CC1. The van der Waals surface area contributed by atoms with E-state index in [2.05, 4.69) is 39.6 Å². The van der Waals surface area contributed by atoms with Crippen molar-refractivity contribution in [3.8, 4) is 0 Å². The molecular weight excluding hydrogens is 539 g/mol. The van der Waals surface area contributed by atoms with Crippen LogP contribution in [0.5, 0.6) is 0 Å². The molecule has 2 aliphatic rings. The molecule has 2 aromatic carbocycles. The Morgan fingerprint density at radius 2 is 1.81 bits per heavy atom. The minimum atomic E-state index is -4.41. The fourth-order valence-corrected chi connectivity index (χ4v) is 5.80. The number of piperidine rings is 1. The number of alkyl halides is 3. The van der Waals surface area contributed by atoms with Gasteiger partial charge < -0.3 is 25.7 Å². The lowest BCUT2D eigenvalue weighted by Gasteiger charge is -2.32. The van der Waals surface area contributed by atoms with Crippen molar-refractivity contribution in [1.29, 1.82) is 5.41 Å². The van der Waals surface area contributed by atoms with Crippen molar-refractivity contribution in [2.24, 2.45) is 5.92 Å². The Balaban J connectivity index is 1.25. The first kappa shape index (κ1) is 29.5. The lowest BCUT2D eigenvalue weighted by atomic mass is 9.89. The number of aldehydes is 1. The van der Waals surface area contributed by atoms with Crippen molar-refractivity contribution in [3.63, 3.8) is 0 Å². The Morgan fingerprint density at radius 3 is 2.45 bits per heavy atom. The number of fused-ring (bicyclic) bond motifs is 1. The van der Waals surface area contributed by atoms with Crippen LogP contribution in [0.25, 0.3) is 5.57 Å². The van der Waals surface area contributed by atoms with Gasteiger partial charge in [-0.25, -0.2) is 4.98 Å². The molecule has 5 rings (SSSR count). The van der Waals surface area contributed by atoms with Crippen LogP contribution in [0.15, 0.2) is 67.0 Å². The predicted octanol–water partition coefficient (Wildman–Crippen LogP) is 7.15. The van der Waals surface area contributed by atoms with Crippen LogP contribution < -0.4 is 10.6 Å². The van der Waals surface area contributed by atoms with Crippen LogP contribution in [0.1, 0.15) is 66.5 Å². The van der Waals surface area contributed by atoms with Gasteiger partial charge in [-0.2, -0.15) is 13.2 Å². The summed E-state index contributed by atoms with van der Waals surface area (Å²) in [5.74, 6) is 0.957. The largest absolute Gasteiger partial charge is 0.416 e. The minimum absolute atomic E-state index is 0.444. The summed E-state index contributed by atoms with van der Waals surface area (Å²) >= 11 is 0. The molecule has 0 spiro atoms. The number of rotatable bonds is 10. The van der Waals surface area contributed by atoms with Crippen molar-refractivity contribution >= 4 is 29.1 Å². The Labute approximate surface area is 244 Å². The second-order valence-corrected chi connectivity index (χ2v) is 11.0. The van der Waals surface area contributed by atoms with Gasteiger partial charge >= 0.3 is 6.18 Å². The number of carbonyl (C=O) groups is 1. The first-order chi connectivity index (χ1) is 20.3. The summed E-state index contributed by atoms with van der Waals surface area (Å²) in [6.07, 6.45) is 4.72. The molecule has 1 saturated heterocycles. The summed E-state index contributed by atoms with van der Waals surface area (Å²) in [5.41, 5.74) is 4.91. The van der Waals surface area contributed by atoms with Gasteiger partial charge in [0.05, 0.1) is 5.56 Å². The zero-order valence-electron chi connectivity index (χ0n) is 23.7. The van der Waals surface area contributed by atoms with Crippen LogP contribution in [0.2, 0.25) is 0 Å². The molecule has 42 heavy (non-hydrogen) atoms. The number of hydrogen-bond acceptors (Lipinski definition) is 6. The van der Waals surface area contributed by atoms with E-state index in [9.17, 15) is 18.0 Å². The van der Waals surface area contributed by atoms with Gasteiger partial charge in [0, 0.05) is 41.5 Å². The number of pyridine rings is 1. The van der Waals surface area contributed by atoms with Gasteiger partial charge in [0.1, 0.15) is 18.1 Å². The Kier molecular flexibility index (Phi) is 9.06. The van der Waals surface area contributed by atoms with E-state index in [1.165, 1.54) is 17.7 Å². The topological polar surface area (TPSA) is 81.1 Å². The van der Waals surface area contributed by atoms with Gasteiger partial charge in [0.15, 0.2) is 0 Å². The maximum Gasteiger partial charge on any atom is 0.416 e. The van der Waals surface area contributed by atoms with E-state index in [-0.39, 0.29) is 0 Å². The first-order valence-corrected chi connectivity index (χ1v) is 14.5. The van der Waals surface area contributed by atoms with Crippen molar-refractivity contribution in [2.75, 3.05) is 25.0 Å². The Morgan fingerprint density at radius 1 is 1.10 bits per heavy atom. The van der Waals surface area contributed by atoms with Crippen LogP contribution in [-0.4, -0.2) is 41.5 Å². The number of likely N-dealkylation sites (tertiary alicyclic amines) is 1. The Bertz CT molecular complexity index is 1430. The van der Waals surface area contributed by atoms with Gasteiger partial charge in [0.2, 0.25) is 0 Å². The third-order valence-corrected chi connectivity index (χ3v) is 8.19. The maximum atomic E-state index is 13.1. The number of anilines is 2. The van der Waals surface area contributed by atoms with E-state index in [0.29, 0.717) is 28.4 Å². The van der Waals surface area contributed by atoms with E-state index in [1.54, 1.807) is 18.5 Å². The monoisotopic (exact) mass is 575 g/mol. The van der Waals surface area contributed by atoms with E-state index in [0.717, 1.165) is 87.1 Å². The third-order valence-electron chi connectivity index (χ3n) is 8.19. The first-order valence-electron chi connectivity index (χ1n) is 14.5. The van der Waals surface area contributed by atoms with Crippen LogP contribution in [0, 0.1) is 11.3 Å². The predicted molar refractivity (Wildman–Crippen MR) is 160 cm³/mol. The minimum Gasteiger partial charge on any atom is -0.377 e. The van der Waals surface area contributed by atoms with Crippen LogP contribution >= 0.6 is 0 Å². The molecule has 0 saturated carbocycles. The van der Waals surface area contributed by atoms with E-state index in [1.807, 2.05) is 12.1 Å². The molecule has 3 heterocycles. The highest BCUT2D eigenvalue weighted by molar-refractivity contribution is 5.88. The molecule has 3 aromatic rings. The fourth-order valence-electron chi connectivity index (χ4n) is 5.80. The van der Waals surface area contributed by atoms with Gasteiger partial charge in [-0.05, 0) is 91.7 Å². The van der Waals surface area contributed by atoms with Crippen LogP contribution in [-0.2, 0) is 17.4 Å². The molecular formula is C33H36F3N5O.